The molecule has 3 N–H and O–H groups in total. The van der Waals surface area contributed by atoms with E-state index < -0.39 is 9.84 Å². The topological polar surface area (TPSA) is 81.4 Å². The van der Waals surface area contributed by atoms with E-state index in [-0.39, 0.29) is 10.9 Å². The van der Waals surface area contributed by atoms with E-state index >= 15 is 0 Å². The van der Waals surface area contributed by atoms with E-state index in [2.05, 4.69) is 5.32 Å². The van der Waals surface area contributed by atoms with Gasteiger partial charge in [0, 0.05) is 19.4 Å². The molecule has 0 amide bonds. The van der Waals surface area contributed by atoms with Gasteiger partial charge in [-0.3, -0.25) is 0 Å². The molecule has 6 heteroatoms. The van der Waals surface area contributed by atoms with E-state index in [0.717, 1.165) is 6.26 Å². The Labute approximate surface area is 102 Å². The molecule has 0 heterocycles. The molecule has 17 heavy (non-hydrogen) atoms. The Kier molecular flexibility index (Phi) is 4.36. The highest BCUT2D eigenvalue weighted by atomic mass is 32.2. The van der Waals surface area contributed by atoms with E-state index in [1.54, 1.807) is 13.2 Å². The zero-order valence-electron chi connectivity index (χ0n) is 10.2. The molecular formula is C11H18N2O3S. The van der Waals surface area contributed by atoms with Crippen LogP contribution in [0.2, 0.25) is 0 Å². The van der Waals surface area contributed by atoms with E-state index in [9.17, 15) is 8.42 Å². The second-order valence-corrected chi connectivity index (χ2v) is 6.04. The standard InChI is InChI=1S/C11H18N2O3S/c1-8(7-16-2)13-11-5-4-9(6-10(11)12)17(3,14)15/h4-6,8,13H,7,12H2,1-3H3. The van der Waals surface area contributed by atoms with Gasteiger partial charge in [-0.15, -0.1) is 0 Å². The minimum atomic E-state index is -3.21. The van der Waals surface area contributed by atoms with Gasteiger partial charge in [0.15, 0.2) is 9.84 Å². The fraction of sp³-hybridized carbons (Fsp3) is 0.455. The van der Waals surface area contributed by atoms with Gasteiger partial charge in [-0.2, -0.15) is 0 Å². The van der Waals surface area contributed by atoms with Crippen LogP contribution in [-0.2, 0) is 14.6 Å². The maximum atomic E-state index is 11.3. The zero-order chi connectivity index (χ0) is 13.1. The molecule has 5 nitrogen and oxygen atoms in total. The summed E-state index contributed by atoms with van der Waals surface area (Å²) in [7, 11) is -1.59. The molecule has 0 radical (unpaired) electrons. The summed E-state index contributed by atoms with van der Waals surface area (Å²) in [5.41, 5.74) is 6.92. The summed E-state index contributed by atoms with van der Waals surface area (Å²) in [6.07, 6.45) is 1.16. The zero-order valence-corrected chi connectivity index (χ0v) is 11.0. The van der Waals surface area contributed by atoms with Gasteiger partial charge in [-0.1, -0.05) is 0 Å². The molecule has 0 fully saturated rings. The van der Waals surface area contributed by atoms with E-state index in [1.165, 1.54) is 12.1 Å². The first-order valence-electron chi connectivity index (χ1n) is 5.19. The van der Waals surface area contributed by atoms with Gasteiger partial charge in [0.05, 0.1) is 22.9 Å². The summed E-state index contributed by atoms with van der Waals surface area (Å²) < 4.78 is 27.6. The molecular weight excluding hydrogens is 240 g/mol. The van der Waals surface area contributed by atoms with Gasteiger partial charge in [0.1, 0.15) is 0 Å². The van der Waals surface area contributed by atoms with Crippen LogP contribution < -0.4 is 11.1 Å². The van der Waals surface area contributed by atoms with Crippen molar-refractivity contribution in [2.75, 3.05) is 31.0 Å². The number of sulfone groups is 1. The van der Waals surface area contributed by atoms with Crippen molar-refractivity contribution in [3.63, 3.8) is 0 Å². The summed E-state index contributed by atoms with van der Waals surface area (Å²) in [5, 5.41) is 3.14. The lowest BCUT2D eigenvalue weighted by molar-refractivity contribution is 0.190. The van der Waals surface area contributed by atoms with Crippen LogP contribution in [0, 0.1) is 0 Å². The third kappa shape index (κ3) is 3.90. The van der Waals surface area contributed by atoms with Crippen LogP contribution in [-0.4, -0.2) is 34.4 Å². The molecule has 0 aromatic heterocycles. The van der Waals surface area contributed by atoms with Crippen molar-refractivity contribution in [3.05, 3.63) is 18.2 Å². The van der Waals surface area contributed by atoms with Crippen molar-refractivity contribution in [1.82, 2.24) is 0 Å². The minimum Gasteiger partial charge on any atom is -0.397 e. The molecule has 1 rings (SSSR count). The second kappa shape index (κ2) is 5.37. The number of hydrogen-bond acceptors (Lipinski definition) is 5. The largest absolute Gasteiger partial charge is 0.397 e. The molecule has 0 bridgehead atoms. The van der Waals surface area contributed by atoms with Gasteiger partial charge in [-0.25, -0.2) is 8.42 Å². The van der Waals surface area contributed by atoms with Crippen molar-refractivity contribution < 1.29 is 13.2 Å². The lowest BCUT2D eigenvalue weighted by Crippen LogP contribution is -2.21. The van der Waals surface area contributed by atoms with Crippen LogP contribution in [0.3, 0.4) is 0 Å². The first kappa shape index (κ1) is 13.8. The van der Waals surface area contributed by atoms with Gasteiger partial charge < -0.3 is 15.8 Å². The van der Waals surface area contributed by atoms with Crippen molar-refractivity contribution >= 4 is 21.2 Å². The van der Waals surface area contributed by atoms with Crippen LogP contribution >= 0.6 is 0 Å². The average molecular weight is 258 g/mol. The predicted molar refractivity (Wildman–Crippen MR) is 68.9 cm³/mol. The smallest absolute Gasteiger partial charge is 0.175 e. The Hall–Kier alpha value is -1.27. The summed E-state index contributed by atoms with van der Waals surface area (Å²) in [6, 6.07) is 4.76. The van der Waals surface area contributed by atoms with Crippen molar-refractivity contribution in [2.45, 2.75) is 17.9 Å². The normalized spacial score (nSPS) is 13.4. The SMILES string of the molecule is COCC(C)Nc1ccc(S(C)(=O)=O)cc1N. The Morgan fingerprint density at radius 3 is 2.59 bits per heavy atom. The van der Waals surface area contributed by atoms with E-state index in [1.807, 2.05) is 6.92 Å². The molecule has 0 aliphatic heterocycles. The highest BCUT2D eigenvalue weighted by Gasteiger charge is 2.10. The number of nitrogens with one attached hydrogen (secondary N) is 1. The number of rotatable bonds is 5. The lowest BCUT2D eigenvalue weighted by Gasteiger charge is -2.16. The predicted octanol–water partition coefficient (Wildman–Crippen LogP) is 1.12. The molecule has 96 valence electrons. The highest BCUT2D eigenvalue weighted by molar-refractivity contribution is 7.90. The van der Waals surface area contributed by atoms with Crippen molar-refractivity contribution in [2.24, 2.45) is 0 Å². The molecule has 1 unspecified atom stereocenters. The first-order valence-corrected chi connectivity index (χ1v) is 7.09. The van der Waals surface area contributed by atoms with Crippen LogP contribution in [0.15, 0.2) is 23.1 Å². The van der Waals surface area contributed by atoms with Gasteiger partial charge in [-0.05, 0) is 25.1 Å². The maximum Gasteiger partial charge on any atom is 0.175 e. The number of nitrogens with two attached hydrogens (primary N) is 1. The van der Waals surface area contributed by atoms with Gasteiger partial charge in [0.2, 0.25) is 0 Å². The third-order valence-electron chi connectivity index (χ3n) is 2.27. The highest BCUT2D eigenvalue weighted by Crippen LogP contribution is 2.23. The molecule has 0 saturated heterocycles. The van der Waals surface area contributed by atoms with E-state index in [0.29, 0.717) is 18.0 Å². The number of nitrogen functional groups attached to an aromatic ring is 1. The quantitative estimate of drug-likeness (QED) is 0.773. The minimum absolute atomic E-state index is 0.103. The molecule has 0 saturated carbocycles. The number of methoxy groups -OCH3 is 1. The van der Waals surface area contributed by atoms with Gasteiger partial charge in [0.25, 0.3) is 0 Å². The van der Waals surface area contributed by atoms with Crippen LogP contribution in [0.25, 0.3) is 0 Å². The molecule has 1 aromatic rings. The third-order valence-corrected chi connectivity index (χ3v) is 3.38. The second-order valence-electron chi connectivity index (χ2n) is 4.02. The average Bonchev–Trinajstić information content (AvgIpc) is 2.20. The Bertz CT molecular complexity index is 485. The Morgan fingerprint density at radius 1 is 1.47 bits per heavy atom. The first-order chi connectivity index (χ1) is 7.84. The van der Waals surface area contributed by atoms with E-state index in [4.69, 9.17) is 10.5 Å². The molecule has 0 aliphatic carbocycles. The van der Waals surface area contributed by atoms with Crippen LogP contribution in [0.1, 0.15) is 6.92 Å². The van der Waals surface area contributed by atoms with Crippen molar-refractivity contribution in [1.29, 1.82) is 0 Å². The van der Waals surface area contributed by atoms with Crippen LogP contribution in [0.5, 0.6) is 0 Å². The van der Waals surface area contributed by atoms with Crippen LogP contribution in [0.4, 0.5) is 11.4 Å². The fourth-order valence-corrected chi connectivity index (χ4v) is 2.12. The molecule has 0 aliphatic rings. The summed E-state index contributed by atoms with van der Waals surface area (Å²) in [6.45, 7) is 2.50. The summed E-state index contributed by atoms with van der Waals surface area (Å²) in [4.78, 5) is 0.222. The number of anilines is 2. The van der Waals surface area contributed by atoms with Gasteiger partial charge >= 0.3 is 0 Å². The summed E-state index contributed by atoms with van der Waals surface area (Å²) >= 11 is 0. The molecule has 1 atom stereocenters. The molecule has 1 aromatic carbocycles. The number of hydrogen-bond donors (Lipinski definition) is 2. The summed E-state index contributed by atoms with van der Waals surface area (Å²) in [5.74, 6) is 0. The maximum absolute atomic E-state index is 11.3. The Balaban J connectivity index is 2.91. The Morgan fingerprint density at radius 2 is 2.12 bits per heavy atom. The lowest BCUT2D eigenvalue weighted by atomic mass is 10.2. The molecule has 0 spiro atoms. The van der Waals surface area contributed by atoms with Crippen molar-refractivity contribution in [3.8, 4) is 0 Å². The number of ether oxygens (including phenoxy) is 1. The number of benzene rings is 1. The monoisotopic (exact) mass is 258 g/mol. The fourth-order valence-electron chi connectivity index (χ4n) is 1.46.